The van der Waals surface area contributed by atoms with Crippen LogP contribution in [-0.4, -0.2) is 23.8 Å². The van der Waals surface area contributed by atoms with Crippen molar-refractivity contribution in [1.82, 2.24) is 9.99 Å². The van der Waals surface area contributed by atoms with Gasteiger partial charge in [0.2, 0.25) is 5.91 Å². The lowest BCUT2D eigenvalue weighted by molar-refractivity contribution is -0.120. The van der Waals surface area contributed by atoms with Crippen LogP contribution in [0.4, 0.5) is 0 Å². The van der Waals surface area contributed by atoms with Gasteiger partial charge in [-0.3, -0.25) is 4.79 Å². The SMILES string of the molecule is COc1ccc(-n2c(C)ccc2/C=N/NC(=O)Cc2ccccc2)cc1. The van der Waals surface area contributed by atoms with Crippen LogP contribution in [0.15, 0.2) is 71.8 Å². The molecule has 0 fully saturated rings. The summed E-state index contributed by atoms with van der Waals surface area (Å²) in [7, 11) is 1.64. The van der Waals surface area contributed by atoms with E-state index >= 15 is 0 Å². The van der Waals surface area contributed by atoms with E-state index in [1.165, 1.54) is 0 Å². The second kappa shape index (κ2) is 8.16. The number of carbonyl (C=O) groups is 1. The third-order valence-electron chi connectivity index (χ3n) is 4.03. The topological polar surface area (TPSA) is 55.6 Å². The van der Waals surface area contributed by atoms with Gasteiger partial charge in [0.05, 0.1) is 25.4 Å². The highest BCUT2D eigenvalue weighted by Gasteiger charge is 2.06. The smallest absolute Gasteiger partial charge is 0.244 e. The Morgan fingerprint density at radius 1 is 1.08 bits per heavy atom. The largest absolute Gasteiger partial charge is 0.497 e. The van der Waals surface area contributed by atoms with Crippen molar-refractivity contribution in [3.8, 4) is 11.4 Å². The van der Waals surface area contributed by atoms with Crippen LogP contribution in [0.5, 0.6) is 5.75 Å². The molecular formula is C21H21N3O2. The Hall–Kier alpha value is -3.34. The molecule has 0 aliphatic rings. The van der Waals surface area contributed by atoms with Crippen molar-refractivity contribution in [3.05, 3.63) is 83.7 Å². The minimum atomic E-state index is -0.147. The third kappa shape index (κ3) is 4.19. The standard InChI is InChI=1S/C21H21N3O2/c1-16-8-9-19(24(16)18-10-12-20(26-2)13-11-18)15-22-23-21(25)14-17-6-4-3-5-7-17/h3-13,15H,14H2,1-2H3,(H,23,25)/b22-15+. The van der Waals surface area contributed by atoms with E-state index in [4.69, 9.17) is 4.74 Å². The second-order valence-corrected chi connectivity index (χ2v) is 5.89. The van der Waals surface area contributed by atoms with Crippen molar-refractivity contribution in [2.75, 3.05) is 7.11 Å². The van der Waals surface area contributed by atoms with Gasteiger partial charge in [0.15, 0.2) is 0 Å². The minimum absolute atomic E-state index is 0.147. The maximum atomic E-state index is 12.0. The lowest BCUT2D eigenvalue weighted by atomic mass is 10.1. The van der Waals surface area contributed by atoms with E-state index in [1.807, 2.05) is 73.7 Å². The monoisotopic (exact) mass is 347 g/mol. The highest BCUT2D eigenvalue weighted by atomic mass is 16.5. The Kier molecular flexibility index (Phi) is 5.49. The molecule has 2 aromatic carbocycles. The van der Waals surface area contributed by atoms with Crippen LogP contribution < -0.4 is 10.2 Å². The van der Waals surface area contributed by atoms with Gasteiger partial charge in [-0.25, -0.2) is 5.43 Å². The Morgan fingerprint density at radius 2 is 1.81 bits per heavy atom. The Morgan fingerprint density at radius 3 is 2.50 bits per heavy atom. The molecule has 5 heteroatoms. The van der Waals surface area contributed by atoms with Gasteiger partial charge in [0, 0.05) is 11.4 Å². The number of hydrazone groups is 1. The molecule has 0 saturated carbocycles. The fourth-order valence-electron chi connectivity index (χ4n) is 2.73. The van der Waals surface area contributed by atoms with Crippen molar-refractivity contribution in [2.24, 2.45) is 5.10 Å². The predicted octanol–water partition coefficient (Wildman–Crippen LogP) is 3.49. The van der Waals surface area contributed by atoms with Crippen LogP contribution in [0.3, 0.4) is 0 Å². The predicted molar refractivity (Wildman–Crippen MR) is 103 cm³/mol. The molecule has 0 bridgehead atoms. The first-order chi connectivity index (χ1) is 12.7. The zero-order valence-corrected chi connectivity index (χ0v) is 14.8. The van der Waals surface area contributed by atoms with E-state index < -0.39 is 0 Å². The number of nitrogens with one attached hydrogen (secondary N) is 1. The fourth-order valence-corrected chi connectivity index (χ4v) is 2.73. The van der Waals surface area contributed by atoms with Crippen LogP contribution in [-0.2, 0) is 11.2 Å². The van der Waals surface area contributed by atoms with E-state index in [9.17, 15) is 4.79 Å². The van der Waals surface area contributed by atoms with Crippen molar-refractivity contribution < 1.29 is 9.53 Å². The molecule has 1 heterocycles. The van der Waals surface area contributed by atoms with Gasteiger partial charge in [0.25, 0.3) is 0 Å². The van der Waals surface area contributed by atoms with Crippen LogP contribution >= 0.6 is 0 Å². The quantitative estimate of drug-likeness (QED) is 0.548. The maximum Gasteiger partial charge on any atom is 0.244 e. The van der Waals surface area contributed by atoms with Crippen molar-refractivity contribution in [1.29, 1.82) is 0 Å². The fraction of sp³-hybridized carbons (Fsp3) is 0.143. The molecule has 0 atom stereocenters. The number of ether oxygens (including phenoxy) is 1. The van der Waals surface area contributed by atoms with Crippen LogP contribution in [0, 0.1) is 6.92 Å². The summed E-state index contributed by atoms with van der Waals surface area (Å²) in [5, 5.41) is 4.10. The molecule has 5 nitrogen and oxygen atoms in total. The zero-order valence-electron chi connectivity index (χ0n) is 14.8. The third-order valence-corrected chi connectivity index (χ3v) is 4.03. The van der Waals surface area contributed by atoms with Crippen LogP contribution in [0.1, 0.15) is 17.0 Å². The summed E-state index contributed by atoms with van der Waals surface area (Å²) >= 11 is 0. The highest BCUT2D eigenvalue weighted by Crippen LogP contribution is 2.19. The number of rotatable bonds is 6. The number of amides is 1. The molecule has 0 aliphatic heterocycles. The van der Waals surface area contributed by atoms with Crippen LogP contribution in [0.2, 0.25) is 0 Å². The molecule has 1 amide bonds. The summed E-state index contributed by atoms with van der Waals surface area (Å²) in [6.07, 6.45) is 1.96. The molecular weight excluding hydrogens is 326 g/mol. The van der Waals surface area contributed by atoms with Crippen molar-refractivity contribution in [3.63, 3.8) is 0 Å². The highest BCUT2D eigenvalue weighted by molar-refractivity contribution is 5.83. The molecule has 132 valence electrons. The number of aromatic nitrogens is 1. The molecule has 1 aromatic heterocycles. The van der Waals surface area contributed by atoms with E-state index in [-0.39, 0.29) is 5.91 Å². The summed E-state index contributed by atoms with van der Waals surface area (Å²) < 4.78 is 7.27. The van der Waals surface area contributed by atoms with Crippen molar-refractivity contribution in [2.45, 2.75) is 13.3 Å². The van der Waals surface area contributed by atoms with Gasteiger partial charge in [-0.2, -0.15) is 5.10 Å². The molecule has 3 rings (SSSR count). The molecule has 1 N–H and O–H groups in total. The van der Waals surface area contributed by atoms with Crippen molar-refractivity contribution >= 4 is 12.1 Å². The number of carbonyl (C=O) groups excluding carboxylic acids is 1. The minimum Gasteiger partial charge on any atom is -0.497 e. The number of nitrogens with zero attached hydrogens (tertiary/aromatic N) is 2. The maximum absolute atomic E-state index is 12.0. The van der Waals surface area contributed by atoms with E-state index in [1.54, 1.807) is 13.3 Å². The average Bonchev–Trinajstić information content (AvgIpc) is 3.03. The molecule has 0 aliphatic carbocycles. The first-order valence-electron chi connectivity index (χ1n) is 8.36. The van der Waals surface area contributed by atoms with E-state index in [0.717, 1.165) is 28.4 Å². The molecule has 26 heavy (non-hydrogen) atoms. The number of hydrogen-bond donors (Lipinski definition) is 1. The molecule has 0 unspecified atom stereocenters. The first-order valence-corrected chi connectivity index (χ1v) is 8.36. The normalized spacial score (nSPS) is 10.8. The van der Waals surface area contributed by atoms with Gasteiger partial charge in [-0.1, -0.05) is 30.3 Å². The Labute approximate surface area is 152 Å². The van der Waals surface area contributed by atoms with Gasteiger partial charge < -0.3 is 9.30 Å². The number of aryl methyl sites for hydroxylation is 1. The molecule has 3 aromatic rings. The molecule has 0 spiro atoms. The van der Waals surface area contributed by atoms with Gasteiger partial charge in [-0.15, -0.1) is 0 Å². The first kappa shape index (κ1) is 17.5. The number of methoxy groups -OCH3 is 1. The number of hydrogen-bond acceptors (Lipinski definition) is 3. The summed E-state index contributed by atoms with van der Waals surface area (Å²) in [6.45, 7) is 2.02. The lowest BCUT2D eigenvalue weighted by Gasteiger charge is -2.10. The number of benzene rings is 2. The van der Waals surface area contributed by atoms with Gasteiger partial charge in [-0.05, 0) is 48.9 Å². The lowest BCUT2D eigenvalue weighted by Crippen LogP contribution is -2.20. The summed E-state index contributed by atoms with van der Waals surface area (Å²) in [6, 6.07) is 21.4. The van der Waals surface area contributed by atoms with Gasteiger partial charge >= 0.3 is 0 Å². The second-order valence-electron chi connectivity index (χ2n) is 5.89. The summed E-state index contributed by atoms with van der Waals surface area (Å²) in [5.41, 5.74) is 6.50. The van der Waals surface area contributed by atoms with Crippen LogP contribution in [0.25, 0.3) is 5.69 Å². The summed E-state index contributed by atoms with van der Waals surface area (Å²) in [4.78, 5) is 12.0. The van der Waals surface area contributed by atoms with Gasteiger partial charge in [0.1, 0.15) is 5.75 Å². The van der Waals surface area contributed by atoms with E-state index in [2.05, 4.69) is 15.1 Å². The average molecular weight is 347 g/mol. The molecule has 0 radical (unpaired) electrons. The molecule has 0 saturated heterocycles. The Bertz CT molecular complexity index is 897. The summed E-state index contributed by atoms with van der Waals surface area (Å²) in [5.74, 6) is 0.661. The Balaban J connectivity index is 1.70. The zero-order chi connectivity index (χ0) is 18.4. The van der Waals surface area contributed by atoms with E-state index in [0.29, 0.717) is 6.42 Å².